The molecular weight excluding hydrogens is 509 g/mol. The van der Waals surface area contributed by atoms with Gasteiger partial charge < -0.3 is 15.8 Å². The monoisotopic (exact) mass is 538 g/mol. The molecule has 0 radical (unpaired) electrons. The van der Waals surface area contributed by atoms with E-state index in [-0.39, 0.29) is 11.4 Å². The first-order chi connectivity index (χ1) is 18.3. The van der Waals surface area contributed by atoms with E-state index < -0.39 is 17.2 Å². The van der Waals surface area contributed by atoms with Crippen LogP contribution in [0.2, 0.25) is 5.02 Å². The van der Waals surface area contributed by atoms with E-state index in [4.69, 9.17) is 22.1 Å². The summed E-state index contributed by atoms with van der Waals surface area (Å²) in [5.74, 6) is 0.715. The maximum Gasteiger partial charge on any atom is 0.417 e. The molecule has 0 aliphatic rings. The van der Waals surface area contributed by atoms with Gasteiger partial charge in [-0.2, -0.15) is 13.2 Å². The lowest BCUT2D eigenvalue weighted by molar-refractivity contribution is -0.137. The number of nitrogens with one attached hydrogen (secondary N) is 1. The number of alkyl halides is 3. The number of ether oxygens (including phenoxy) is 1. The van der Waals surface area contributed by atoms with Crippen LogP contribution < -0.4 is 15.8 Å². The Morgan fingerprint density at radius 3 is 2.03 bits per heavy atom. The summed E-state index contributed by atoms with van der Waals surface area (Å²) < 4.78 is 46.8. The molecule has 7 heteroatoms. The Bertz CT molecular complexity index is 1270. The number of benzene rings is 4. The molecule has 0 spiro atoms. The highest BCUT2D eigenvalue weighted by Gasteiger charge is 2.38. The standard InChI is InChI=1S/C31H30ClF3N2O/c32-29-23(10-7-17-28(29)31(33,34)35)21-30(24-11-3-1-4-12-24,25-13-5-2-6-14-25)22-37-18-9-19-38-27-16-8-15-26(36)20-27/h1-8,10-17,20,37H,9,18-19,21-22,36H2. The molecule has 0 heterocycles. The Hall–Kier alpha value is -3.48. The van der Waals surface area contributed by atoms with Gasteiger partial charge in [-0.1, -0.05) is 90.5 Å². The van der Waals surface area contributed by atoms with E-state index in [1.807, 2.05) is 72.8 Å². The van der Waals surface area contributed by atoms with Crippen LogP contribution in [-0.2, 0) is 18.0 Å². The molecule has 198 valence electrons. The molecule has 0 saturated heterocycles. The second kappa shape index (κ2) is 12.4. The zero-order valence-corrected chi connectivity index (χ0v) is 21.6. The van der Waals surface area contributed by atoms with Crippen LogP contribution >= 0.6 is 11.6 Å². The van der Waals surface area contributed by atoms with E-state index >= 15 is 0 Å². The number of halogens is 4. The summed E-state index contributed by atoms with van der Waals surface area (Å²) in [6.45, 7) is 1.64. The number of hydrogen-bond donors (Lipinski definition) is 2. The summed E-state index contributed by atoms with van der Waals surface area (Å²) in [5.41, 5.74) is 7.40. The fraction of sp³-hybridized carbons (Fsp3) is 0.226. The van der Waals surface area contributed by atoms with Crippen molar-refractivity contribution < 1.29 is 17.9 Å². The van der Waals surface area contributed by atoms with Crippen molar-refractivity contribution in [1.29, 1.82) is 0 Å². The number of nitrogens with two attached hydrogens (primary N) is 1. The summed E-state index contributed by atoms with van der Waals surface area (Å²) in [7, 11) is 0. The van der Waals surface area contributed by atoms with Crippen molar-refractivity contribution in [3.8, 4) is 5.75 Å². The first-order valence-corrected chi connectivity index (χ1v) is 12.8. The fourth-order valence-corrected chi connectivity index (χ4v) is 5.01. The molecule has 0 aliphatic carbocycles. The van der Waals surface area contributed by atoms with Gasteiger partial charge in [0.15, 0.2) is 0 Å². The molecule has 0 unspecified atom stereocenters. The Balaban J connectivity index is 1.60. The van der Waals surface area contributed by atoms with Gasteiger partial charge in [-0.15, -0.1) is 0 Å². The minimum absolute atomic E-state index is 0.258. The van der Waals surface area contributed by atoms with Crippen molar-refractivity contribution in [2.75, 3.05) is 25.4 Å². The fourth-order valence-electron chi connectivity index (χ4n) is 4.71. The SMILES string of the molecule is Nc1cccc(OCCCNCC(Cc2cccc(C(F)(F)F)c2Cl)(c2ccccc2)c2ccccc2)c1. The molecule has 4 aromatic carbocycles. The zero-order chi connectivity index (χ0) is 27.0. The van der Waals surface area contributed by atoms with Crippen LogP contribution in [0.3, 0.4) is 0 Å². The third kappa shape index (κ3) is 6.69. The Kier molecular flexibility index (Phi) is 8.97. The molecule has 0 bridgehead atoms. The van der Waals surface area contributed by atoms with Crippen LogP contribution in [0.1, 0.15) is 28.7 Å². The second-order valence-corrected chi connectivity index (χ2v) is 9.60. The van der Waals surface area contributed by atoms with E-state index in [0.29, 0.717) is 36.7 Å². The van der Waals surface area contributed by atoms with Gasteiger partial charge in [0.1, 0.15) is 5.75 Å². The van der Waals surface area contributed by atoms with Crippen molar-refractivity contribution in [3.63, 3.8) is 0 Å². The van der Waals surface area contributed by atoms with Gasteiger partial charge in [-0.3, -0.25) is 0 Å². The van der Waals surface area contributed by atoms with Crippen LogP contribution in [0.25, 0.3) is 0 Å². The Morgan fingerprint density at radius 2 is 1.42 bits per heavy atom. The number of nitrogen functional groups attached to an aromatic ring is 1. The van der Waals surface area contributed by atoms with E-state index in [0.717, 1.165) is 23.6 Å². The molecule has 0 fully saturated rings. The topological polar surface area (TPSA) is 47.3 Å². The molecule has 3 nitrogen and oxygen atoms in total. The molecule has 0 aliphatic heterocycles. The van der Waals surface area contributed by atoms with Crippen LogP contribution in [0.15, 0.2) is 103 Å². The average molecular weight is 539 g/mol. The third-order valence-corrected chi connectivity index (χ3v) is 7.03. The highest BCUT2D eigenvalue weighted by Crippen LogP contribution is 2.41. The predicted molar refractivity (Wildman–Crippen MR) is 148 cm³/mol. The molecular formula is C31H30ClF3N2O. The zero-order valence-electron chi connectivity index (χ0n) is 20.8. The van der Waals surface area contributed by atoms with Gasteiger partial charge in [0.2, 0.25) is 0 Å². The number of hydrogen-bond acceptors (Lipinski definition) is 3. The highest BCUT2D eigenvalue weighted by molar-refractivity contribution is 6.32. The van der Waals surface area contributed by atoms with E-state index in [1.165, 1.54) is 6.07 Å². The van der Waals surface area contributed by atoms with Crippen LogP contribution in [-0.4, -0.2) is 19.7 Å². The molecule has 4 rings (SSSR count). The molecule has 38 heavy (non-hydrogen) atoms. The summed E-state index contributed by atoms with van der Waals surface area (Å²) in [4.78, 5) is 0. The summed E-state index contributed by atoms with van der Waals surface area (Å²) in [6.07, 6.45) is -3.51. The normalized spacial score (nSPS) is 11.9. The van der Waals surface area contributed by atoms with Gasteiger partial charge >= 0.3 is 6.18 Å². The summed E-state index contributed by atoms with van der Waals surface area (Å²) in [5, 5.41) is 3.28. The van der Waals surface area contributed by atoms with Gasteiger partial charge in [0.25, 0.3) is 0 Å². The van der Waals surface area contributed by atoms with E-state index in [2.05, 4.69) is 5.32 Å². The molecule has 0 saturated carbocycles. The van der Waals surface area contributed by atoms with Crippen molar-refractivity contribution >= 4 is 17.3 Å². The van der Waals surface area contributed by atoms with Gasteiger partial charge in [0.05, 0.1) is 17.2 Å². The predicted octanol–water partition coefficient (Wildman–Crippen LogP) is 7.53. The number of anilines is 1. The minimum Gasteiger partial charge on any atom is -0.493 e. The average Bonchev–Trinajstić information content (AvgIpc) is 2.91. The smallest absolute Gasteiger partial charge is 0.417 e. The maximum absolute atomic E-state index is 13.7. The Morgan fingerprint density at radius 1 is 0.789 bits per heavy atom. The van der Waals surface area contributed by atoms with Crippen LogP contribution in [0, 0.1) is 0 Å². The van der Waals surface area contributed by atoms with Gasteiger partial charge in [0, 0.05) is 23.7 Å². The lowest BCUT2D eigenvalue weighted by Crippen LogP contribution is -2.42. The van der Waals surface area contributed by atoms with Gasteiger partial charge in [-0.25, -0.2) is 0 Å². The van der Waals surface area contributed by atoms with Crippen LogP contribution in [0.4, 0.5) is 18.9 Å². The minimum atomic E-state index is -4.53. The van der Waals surface area contributed by atoms with Crippen molar-refractivity contribution in [2.45, 2.75) is 24.4 Å². The number of rotatable bonds is 11. The lowest BCUT2D eigenvalue weighted by atomic mass is 9.70. The van der Waals surface area contributed by atoms with Crippen molar-refractivity contribution in [3.05, 3.63) is 130 Å². The molecule has 0 atom stereocenters. The molecule has 0 amide bonds. The molecule has 0 aromatic heterocycles. The van der Waals surface area contributed by atoms with Crippen molar-refractivity contribution in [1.82, 2.24) is 5.32 Å². The first-order valence-electron chi connectivity index (χ1n) is 12.4. The first kappa shape index (κ1) is 27.6. The van der Waals surface area contributed by atoms with E-state index in [1.54, 1.807) is 18.2 Å². The maximum atomic E-state index is 13.7. The lowest BCUT2D eigenvalue weighted by Gasteiger charge is -2.36. The molecule has 3 N–H and O–H groups in total. The summed E-state index contributed by atoms with van der Waals surface area (Å²) >= 11 is 6.38. The Labute approximate surface area is 226 Å². The van der Waals surface area contributed by atoms with E-state index in [9.17, 15) is 13.2 Å². The summed E-state index contributed by atoms with van der Waals surface area (Å²) in [6, 6.07) is 31.1. The highest BCUT2D eigenvalue weighted by atomic mass is 35.5. The van der Waals surface area contributed by atoms with Gasteiger partial charge in [-0.05, 0) is 54.3 Å². The van der Waals surface area contributed by atoms with Crippen molar-refractivity contribution in [2.24, 2.45) is 0 Å². The molecule has 4 aromatic rings. The third-order valence-electron chi connectivity index (χ3n) is 6.58. The quantitative estimate of drug-likeness (QED) is 0.153. The largest absolute Gasteiger partial charge is 0.493 e. The van der Waals surface area contributed by atoms with Crippen LogP contribution in [0.5, 0.6) is 5.75 Å². The second-order valence-electron chi connectivity index (χ2n) is 9.22.